The first-order valence-corrected chi connectivity index (χ1v) is 6.48. The quantitative estimate of drug-likeness (QED) is 0.466. The van der Waals surface area contributed by atoms with Gasteiger partial charge in [0.05, 0.1) is 5.54 Å². The van der Waals surface area contributed by atoms with E-state index in [4.69, 9.17) is 11.1 Å². The predicted molar refractivity (Wildman–Crippen MR) is 77.0 cm³/mol. The number of urea groups is 1. The summed E-state index contributed by atoms with van der Waals surface area (Å²) in [4.78, 5) is 11.9. The summed E-state index contributed by atoms with van der Waals surface area (Å²) in [5.74, 6) is -0.00707. The summed E-state index contributed by atoms with van der Waals surface area (Å²) in [5.41, 5.74) is 5.87. The third-order valence-corrected chi connectivity index (χ3v) is 3.37. The molecule has 2 amide bonds. The van der Waals surface area contributed by atoms with Crippen molar-refractivity contribution >= 4 is 11.9 Å². The minimum absolute atomic E-state index is 0.00707. The Balaban J connectivity index is 2.57. The molecule has 0 saturated carbocycles. The van der Waals surface area contributed by atoms with Gasteiger partial charge in [-0.2, -0.15) is 0 Å². The summed E-state index contributed by atoms with van der Waals surface area (Å²) in [7, 11) is 0. The predicted octanol–water partition coefficient (Wildman–Crippen LogP) is 1.98. The van der Waals surface area contributed by atoms with Gasteiger partial charge in [0, 0.05) is 6.54 Å². The van der Waals surface area contributed by atoms with Gasteiger partial charge in [0.15, 0.2) is 0 Å². The van der Waals surface area contributed by atoms with Gasteiger partial charge in [-0.05, 0) is 18.4 Å². The zero-order valence-electron chi connectivity index (χ0n) is 11.5. The second-order valence-electron chi connectivity index (χ2n) is 4.50. The van der Waals surface area contributed by atoms with Crippen molar-refractivity contribution in [3.05, 3.63) is 35.9 Å². The zero-order chi connectivity index (χ0) is 14.3. The summed E-state index contributed by atoms with van der Waals surface area (Å²) in [6.45, 7) is 4.26. The number of amidine groups is 1. The number of carbonyl (C=O) groups is 1. The molecule has 0 radical (unpaired) electrons. The first-order chi connectivity index (χ1) is 9.04. The fourth-order valence-corrected chi connectivity index (χ4v) is 1.91. The van der Waals surface area contributed by atoms with E-state index in [-0.39, 0.29) is 11.9 Å². The molecule has 0 aliphatic rings. The number of hydrogen-bond donors (Lipinski definition) is 4. The summed E-state index contributed by atoms with van der Waals surface area (Å²) in [6, 6.07) is 9.36. The molecule has 0 atom stereocenters. The Kier molecular flexibility index (Phi) is 5.36. The third kappa shape index (κ3) is 3.98. The molecule has 19 heavy (non-hydrogen) atoms. The maximum absolute atomic E-state index is 11.9. The number of nitrogens with two attached hydrogens (primary N) is 1. The number of carbonyl (C=O) groups excluding carboxylic acids is 1. The van der Waals surface area contributed by atoms with Gasteiger partial charge in [-0.1, -0.05) is 44.2 Å². The van der Waals surface area contributed by atoms with Crippen molar-refractivity contribution in [2.45, 2.75) is 38.8 Å². The lowest BCUT2D eigenvalue weighted by Crippen LogP contribution is -2.58. The van der Waals surface area contributed by atoms with Crippen LogP contribution in [0.3, 0.4) is 0 Å². The molecule has 5 N–H and O–H groups in total. The Morgan fingerprint density at radius 3 is 2.32 bits per heavy atom. The van der Waals surface area contributed by atoms with Crippen molar-refractivity contribution in [3.63, 3.8) is 0 Å². The average Bonchev–Trinajstić information content (AvgIpc) is 2.43. The van der Waals surface area contributed by atoms with Crippen LogP contribution in [-0.2, 0) is 6.54 Å². The molecule has 0 saturated heterocycles. The van der Waals surface area contributed by atoms with Crippen LogP contribution < -0.4 is 16.4 Å². The van der Waals surface area contributed by atoms with E-state index in [1.54, 1.807) is 0 Å². The van der Waals surface area contributed by atoms with Gasteiger partial charge in [0.2, 0.25) is 0 Å². The third-order valence-electron chi connectivity index (χ3n) is 3.37. The molecular formula is C14H22N4O. The van der Waals surface area contributed by atoms with E-state index < -0.39 is 5.54 Å². The number of nitrogens with one attached hydrogen (secondary N) is 3. The molecule has 0 aliphatic heterocycles. The monoisotopic (exact) mass is 262 g/mol. The lowest BCUT2D eigenvalue weighted by molar-refractivity contribution is 0.231. The van der Waals surface area contributed by atoms with Gasteiger partial charge in [0.1, 0.15) is 5.84 Å². The normalized spacial score (nSPS) is 10.8. The highest BCUT2D eigenvalue weighted by Gasteiger charge is 2.31. The van der Waals surface area contributed by atoms with Gasteiger partial charge in [-0.25, -0.2) is 4.79 Å². The maximum Gasteiger partial charge on any atom is 0.315 e. The molecular weight excluding hydrogens is 240 g/mol. The Hall–Kier alpha value is -2.04. The highest BCUT2D eigenvalue weighted by atomic mass is 16.2. The highest BCUT2D eigenvalue weighted by molar-refractivity contribution is 5.91. The van der Waals surface area contributed by atoms with Crippen LogP contribution in [0.1, 0.15) is 32.3 Å². The SMILES string of the molecule is CCC(CC)(NC(=O)NCc1ccccc1)C(=N)N. The standard InChI is InChI=1S/C14H22N4O/c1-3-14(4-2,12(15)16)18-13(19)17-10-11-8-6-5-7-9-11/h5-9H,3-4,10H2,1-2H3,(H3,15,16)(H2,17,18,19). The average molecular weight is 262 g/mol. The lowest BCUT2D eigenvalue weighted by Gasteiger charge is -2.31. The van der Waals surface area contributed by atoms with Crippen LogP contribution in [0.25, 0.3) is 0 Å². The molecule has 1 aromatic rings. The summed E-state index contributed by atoms with van der Waals surface area (Å²) in [6.07, 6.45) is 1.19. The van der Waals surface area contributed by atoms with Gasteiger partial charge >= 0.3 is 6.03 Å². The van der Waals surface area contributed by atoms with E-state index in [1.807, 2.05) is 44.2 Å². The van der Waals surface area contributed by atoms with Crippen LogP contribution in [0.15, 0.2) is 30.3 Å². The Morgan fingerprint density at radius 1 is 1.26 bits per heavy atom. The van der Waals surface area contributed by atoms with Crippen LogP contribution in [-0.4, -0.2) is 17.4 Å². The van der Waals surface area contributed by atoms with Crippen molar-refractivity contribution in [1.82, 2.24) is 10.6 Å². The number of amides is 2. The van der Waals surface area contributed by atoms with Crippen molar-refractivity contribution in [2.75, 3.05) is 0 Å². The Labute approximate surface area is 114 Å². The Bertz CT molecular complexity index is 426. The second-order valence-corrected chi connectivity index (χ2v) is 4.50. The van der Waals surface area contributed by atoms with Crippen LogP contribution in [0.5, 0.6) is 0 Å². The van der Waals surface area contributed by atoms with Gasteiger partial charge in [0.25, 0.3) is 0 Å². The summed E-state index contributed by atoms with van der Waals surface area (Å²) in [5, 5.41) is 13.2. The molecule has 0 bridgehead atoms. The topological polar surface area (TPSA) is 91.0 Å². The Morgan fingerprint density at radius 2 is 1.84 bits per heavy atom. The zero-order valence-corrected chi connectivity index (χ0v) is 11.5. The summed E-state index contributed by atoms with van der Waals surface area (Å²) < 4.78 is 0. The second kappa shape index (κ2) is 6.78. The molecule has 0 spiro atoms. The fraction of sp³-hybridized carbons (Fsp3) is 0.429. The summed E-state index contributed by atoms with van der Waals surface area (Å²) >= 11 is 0. The molecule has 0 heterocycles. The van der Waals surface area contributed by atoms with Gasteiger partial charge in [-0.15, -0.1) is 0 Å². The molecule has 0 fully saturated rings. The molecule has 0 aromatic heterocycles. The number of rotatable bonds is 6. The van der Waals surface area contributed by atoms with E-state index in [0.717, 1.165) is 5.56 Å². The van der Waals surface area contributed by atoms with Crippen LogP contribution in [0.4, 0.5) is 4.79 Å². The van der Waals surface area contributed by atoms with Gasteiger partial charge in [-0.3, -0.25) is 5.41 Å². The smallest absolute Gasteiger partial charge is 0.315 e. The number of hydrogen-bond acceptors (Lipinski definition) is 2. The minimum Gasteiger partial charge on any atom is -0.386 e. The minimum atomic E-state index is -0.749. The number of benzene rings is 1. The maximum atomic E-state index is 11.9. The van der Waals surface area contributed by atoms with E-state index in [1.165, 1.54) is 0 Å². The first-order valence-electron chi connectivity index (χ1n) is 6.48. The molecule has 1 aromatic carbocycles. The fourth-order valence-electron chi connectivity index (χ4n) is 1.91. The van der Waals surface area contributed by atoms with E-state index >= 15 is 0 Å². The van der Waals surface area contributed by atoms with Crippen molar-refractivity contribution < 1.29 is 4.79 Å². The van der Waals surface area contributed by atoms with Crippen LogP contribution in [0, 0.1) is 5.41 Å². The largest absolute Gasteiger partial charge is 0.386 e. The lowest BCUT2D eigenvalue weighted by atomic mass is 9.92. The highest BCUT2D eigenvalue weighted by Crippen LogP contribution is 2.14. The van der Waals surface area contributed by atoms with E-state index in [2.05, 4.69) is 10.6 Å². The van der Waals surface area contributed by atoms with Crippen LogP contribution >= 0.6 is 0 Å². The molecule has 0 aliphatic carbocycles. The van der Waals surface area contributed by atoms with Crippen LogP contribution in [0.2, 0.25) is 0 Å². The first kappa shape index (κ1) is 15.0. The van der Waals surface area contributed by atoms with E-state index in [0.29, 0.717) is 19.4 Å². The molecule has 104 valence electrons. The molecule has 1 rings (SSSR count). The van der Waals surface area contributed by atoms with Gasteiger partial charge < -0.3 is 16.4 Å². The molecule has 0 unspecified atom stereocenters. The molecule has 5 heteroatoms. The molecule has 5 nitrogen and oxygen atoms in total. The van der Waals surface area contributed by atoms with Crippen molar-refractivity contribution in [2.24, 2.45) is 5.73 Å². The van der Waals surface area contributed by atoms with Crippen molar-refractivity contribution in [3.8, 4) is 0 Å². The van der Waals surface area contributed by atoms with E-state index in [9.17, 15) is 4.79 Å². The van der Waals surface area contributed by atoms with Crippen molar-refractivity contribution in [1.29, 1.82) is 5.41 Å².